The molecule has 0 aliphatic carbocycles. The van der Waals surface area contributed by atoms with Gasteiger partial charge in [-0.05, 0) is 60.9 Å². The normalized spacial score (nSPS) is 16.8. The highest BCUT2D eigenvalue weighted by molar-refractivity contribution is 8.08. The number of aryl methyl sites for hydroxylation is 1. The first-order valence-corrected chi connectivity index (χ1v) is 12.9. The van der Waals surface area contributed by atoms with Gasteiger partial charge in [-0.25, -0.2) is 4.99 Å². The molecular weight excluding hydrogens is 465 g/mol. The zero-order valence-corrected chi connectivity index (χ0v) is 21.3. The van der Waals surface area contributed by atoms with Crippen LogP contribution in [0, 0.1) is 6.92 Å². The lowest BCUT2D eigenvalue weighted by Gasteiger charge is -2.39. The molecule has 2 aromatic carbocycles. The number of likely N-dealkylation sites (tertiary alicyclic amines) is 1. The number of rotatable bonds is 9. The van der Waals surface area contributed by atoms with Crippen molar-refractivity contribution in [2.75, 3.05) is 12.3 Å². The number of piperidine rings is 1. The van der Waals surface area contributed by atoms with Crippen molar-refractivity contribution in [1.82, 2.24) is 4.90 Å². The molecule has 0 saturated carbocycles. The second-order valence-electron chi connectivity index (χ2n) is 8.78. The van der Waals surface area contributed by atoms with Gasteiger partial charge in [0.05, 0.1) is 5.70 Å². The number of aliphatic imine (C=N–C) groups is 1. The van der Waals surface area contributed by atoms with E-state index in [-0.39, 0.29) is 12.1 Å². The Labute approximate surface area is 211 Å². The van der Waals surface area contributed by atoms with E-state index >= 15 is 0 Å². The third-order valence-corrected chi connectivity index (χ3v) is 7.44. The molecule has 1 fully saturated rings. The Morgan fingerprint density at radius 3 is 2.40 bits per heavy atom. The third-order valence-electron chi connectivity index (χ3n) is 6.32. The maximum absolute atomic E-state index is 13.1. The summed E-state index contributed by atoms with van der Waals surface area (Å²) >= 11 is 1.72. The van der Waals surface area contributed by atoms with E-state index in [2.05, 4.69) is 41.8 Å². The Kier molecular flexibility index (Phi) is 9.06. The van der Waals surface area contributed by atoms with Crippen molar-refractivity contribution in [2.45, 2.75) is 51.7 Å². The summed E-state index contributed by atoms with van der Waals surface area (Å²) in [7, 11) is 0. The van der Waals surface area contributed by atoms with Gasteiger partial charge < -0.3 is 4.90 Å². The SMILES string of the molecule is C=C(N=C(CC)C(F)(F)F)c1ccc(C(=C)SCC2CCCCN2C(=C)c2ccccc2)c(C)c1. The van der Waals surface area contributed by atoms with E-state index in [0.29, 0.717) is 11.6 Å². The summed E-state index contributed by atoms with van der Waals surface area (Å²) in [5, 5.41) is 0. The van der Waals surface area contributed by atoms with Crippen molar-refractivity contribution < 1.29 is 13.2 Å². The average Bonchev–Trinajstić information content (AvgIpc) is 2.85. The van der Waals surface area contributed by atoms with E-state index in [4.69, 9.17) is 0 Å². The molecule has 2 aromatic rings. The van der Waals surface area contributed by atoms with E-state index in [1.54, 1.807) is 17.8 Å². The van der Waals surface area contributed by atoms with Crippen LogP contribution in [0.25, 0.3) is 16.3 Å². The monoisotopic (exact) mass is 498 g/mol. The minimum Gasteiger partial charge on any atom is -0.368 e. The Hall–Kier alpha value is -2.73. The molecule has 1 atom stereocenters. The van der Waals surface area contributed by atoms with E-state index in [1.807, 2.05) is 37.3 Å². The van der Waals surface area contributed by atoms with Gasteiger partial charge in [0.2, 0.25) is 0 Å². The lowest BCUT2D eigenvalue weighted by atomic mass is 10.0. The van der Waals surface area contributed by atoms with Gasteiger partial charge in [0.25, 0.3) is 0 Å². The van der Waals surface area contributed by atoms with Crippen LogP contribution < -0.4 is 0 Å². The number of hydrogen-bond acceptors (Lipinski definition) is 3. The molecule has 1 heterocycles. The fraction of sp³-hybridized carbons (Fsp3) is 0.345. The van der Waals surface area contributed by atoms with Crippen LogP contribution in [-0.2, 0) is 0 Å². The highest BCUT2D eigenvalue weighted by atomic mass is 32.2. The van der Waals surface area contributed by atoms with Crippen LogP contribution in [0.1, 0.15) is 54.9 Å². The predicted octanol–water partition coefficient (Wildman–Crippen LogP) is 8.61. The first kappa shape index (κ1) is 26.9. The maximum Gasteiger partial charge on any atom is 0.429 e. The van der Waals surface area contributed by atoms with Crippen molar-refractivity contribution >= 4 is 33.8 Å². The molecule has 186 valence electrons. The zero-order chi connectivity index (χ0) is 25.6. The minimum atomic E-state index is -4.45. The van der Waals surface area contributed by atoms with Crippen molar-refractivity contribution in [3.8, 4) is 0 Å². The van der Waals surface area contributed by atoms with Crippen LogP contribution in [0.15, 0.2) is 73.3 Å². The molecule has 6 heteroatoms. The second-order valence-corrected chi connectivity index (χ2v) is 9.89. The molecule has 0 N–H and O–H groups in total. The van der Waals surface area contributed by atoms with E-state index in [9.17, 15) is 13.2 Å². The van der Waals surface area contributed by atoms with Gasteiger partial charge >= 0.3 is 6.18 Å². The molecule has 0 amide bonds. The molecular formula is C29H33F3N2S. The second kappa shape index (κ2) is 11.8. The Bertz CT molecular complexity index is 1100. The van der Waals surface area contributed by atoms with E-state index < -0.39 is 11.9 Å². The minimum absolute atomic E-state index is 0.115. The molecule has 0 radical (unpaired) electrons. The summed E-state index contributed by atoms with van der Waals surface area (Å²) in [4.78, 5) is 7.12. The zero-order valence-electron chi connectivity index (χ0n) is 20.5. The largest absolute Gasteiger partial charge is 0.429 e. The molecule has 35 heavy (non-hydrogen) atoms. The standard InChI is InChI=1S/C29H33F3N2S/c1-6-28(29(30,31)32)33-21(3)25-15-16-27(20(2)18-25)23(5)35-19-26-14-10-11-17-34(26)22(4)24-12-8-7-9-13-24/h7-9,12-13,15-16,18,26H,3-6,10-11,14,17,19H2,1-2H3. The predicted molar refractivity (Wildman–Crippen MR) is 145 cm³/mol. The van der Waals surface area contributed by atoms with Crippen LogP contribution in [0.5, 0.6) is 0 Å². The van der Waals surface area contributed by atoms with Gasteiger partial charge in [-0.2, -0.15) is 13.2 Å². The van der Waals surface area contributed by atoms with Gasteiger partial charge in [0.15, 0.2) is 0 Å². The summed E-state index contributed by atoms with van der Waals surface area (Å²) in [5.41, 5.74) is 4.02. The first-order valence-electron chi connectivity index (χ1n) is 11.9. The quantitative estimate of drug-likeness (QED) is 0.322. The molecule has 1 aliphatic rings. The van der Waals surface area contributed by atoms with Crippen LogP contribution in [0.2, 0.25) is 0 Å². The van der Waals surface area contributed by atoms with Crippen LogP contribution >= 0.6 is 11.8 Å². The number of alkyl halides is 3. The Balaban J connectivity index is 1.68. The van der Waals surface area contributed by atoms with Crippen molar-refractivity contribution in [3.63, 3.8) is 0 Å². The number of thioether (sulfide) groups is 1. The lowest BCUT2D eigenvalue weighted by Crippen LogP contribution is -2.39. The van der Waals surface area contributed by atoms with E-state index in [1.165, 1.54) is 13.3 Å². The van der Waals surface area contributed by atoms with Gasteiger partial charge in [0.1, 0.15) is 5.71 Å². The fourth-order valence-corrected chi connectivity index (χ4v) is 5.45. The maximum atomic E-state index is 13.1. The van der Waals surface area contributed by atoms with Crippen LogP contribution in [0.4, 0.5) is 13.2 Å². The molecule has 2 nitrogen and oxygen atoms in total. The lowest BCUT2D eigenvalue weighted by molar-refractivity contribution is -0.0601. The Morgan fingerprint density at radius 1 is 1.06 bits per heavy atom. The van der Waals surface area contributed by atoms with Crippen LogP contribution in [0.3, 0.4) is 0 Å². The molecule has 1 saturated heterocycles. The first-order chi connectivity index (χ1) is 16.6. The molecule has 0 spiro atoms. The molecule has 3 rings (SSSR count). The summed E-state index contributed by atoms with van der Waals surface area (Å²) in [5.74, 6) is 0.897. The number of hydrogen-bond donors (Lipinski definition) is 0. The van der Waals surface area contributed by atoms with Gasteiger partial charge in [-0.3, -0.25) is 0 Å². The highest BCUT2D eigenvalue weighted by Gasteiger charge is 2.34. The summed E-state index contributed by atoms with van der Waals surface area (Å²) < 4.78 is 39.2. The number of halogens is 3. The molecule has 0 bridgehead atoms. The Morgan fingerprint density at radius 2 is 1.77 bits per heavy atom. The summed E-state index contributed by atoms with van der Waals surface area (Å²) in [6, 6.07) is 16.2. The van der Waals surface area contributed by atoms with E-state index in [0.717, 1.165) is 52.4 Å². The van der Waals surface area contributed by atoms with Crippen molar-refractivity contribution in [3.05, 3.63) is 90.5 Å². The summed E-state index contributed by atoms with van der Waals surface area (Å²) in [6.45, 7) is 16.8. The summed E-state index contributed by atoms with van der Waals surface area (Å²) in [6.07, 6.45) is -1.17. The number of benzene rings is 2. The average molecular weight is 499 g/mol. The van der Waals surface area contributed by atoms with Crippen molar-refractivity contribution in [2.24, 2.45) is 4.99 Å². The third kappa shape index (κ3) is 6.91. The topological polar surface area (TPSA) is 15.6 Å². The highest BCUT2D eigenvalue weighted by Crippen LogP contribution is 2.35. The fourth-order valence-electron chi connectivity index (χ4n) is 4.33. The van der Waals surface area contributed by atoms with Crippen molar-refractivity contribution in [1.29, 1.82) is 0 Å². The van der Waals surface area contributed by atoms with Gasteiger partial charge in [-0.15, -0.1) is 11.8 Å². The molecule has 1 unspecified atom stereocenters. The van der Waals surface area contributed by atoms with Gasteiger partial charge in [-0.1, -0.05) is 69.1 Å². The van der Waals surface area contributed by atoms with Gasteiger partial charge in [0, 0.05) is 28.9 Å². The molecule has 0 aromatic heterocycles. The smallest absolute Gasteiger partial charge is 0.368 e. The molecule has 1 aliphatic heterocycles. The van der Waals surface area contributed by atoms with Crippen LogP contribution in [-0.4, -0.2) is 35.1 Å². The number of nitrogens with zero attached hydrogens (tertiary/aromatic N) is 2.